The van der Waals surface area contributed by atoms with E-state index >= 15 is 0 Å². The van der Waals surface area contributed by atoms with Crippen LogP contribution in [0.3, 0.4) is 0 Å². The molecular weight excluding hydrogens is 268 g/mol. The Hall–Kier alpha value is -2.49. The number of ether oxygens (including phenoxy) is 2. The molecule has 1 unspecified atom stereocenters. The number of benzene rings is 2. The Morgan fingerprint density at radius 2 is 1.81 bits per heavy atom. The molecule has 0 saturated carbocycles. The molecule has 0 bridgehead atoms. The second-order valence-electron chi connectivity index (χ2n) is 4.79. The Morgan fingerprint density at radius 1 is 1.14 bits per heavy atom. The first-order valence-corrected chi connectivity index (χ1v) is 6.66. The first-order chi connectivity index (χ1) is 10.1. The molecule has 0 amide bonds. The van der Waals surface area contributed by atoms with Gasteiger partial charge in [0.05, 0.1) is 7.11 Å². The van der Waals surface area contributed by atoms with E-state index in [9.17, 15) is 9.90 Å². The van der Waals surface area contributed by atoms with Crippen LogP contribution in [0.5, 0.6) is 11.5 Å². The molecule has 1 N–H and O–H groups in total. The van der Waals surface area contributed by atoms with Crippen molar-refractivity contribution in [2.24, 2.45) is 0 Å². The lowest BCUT2D eigenvalue weighted by atomic mass is 9.99. The Balaban J connectivity index is 2.10. The predicted molar refractivity (Wildman–Crippen MR) is 80.0 cm³/mol. The second-order valence-corrected chi connectivity index (χ2v) is 4.79. The average molecular weight is 286 g/mol. The highest BCUT2D eigenvalue weighted by Crippen LogP contribution is 2.22. The van der Waals surface area contributed by atoms with Crippen molar-refractivity contribution >= 4 is 5.97 Å². The molecule has 2 aromatic rings. The van der Waals surface area contributed by atoms with Crippen LogP contribution in [0.2, 0.25) is 0 Å². The van der Waals surface area contributed by atoms with Crippen molar-refractivity contribution in [1.29, 1.82) is 0 Å². The molecular formula is C17H18O4. The van der Waals surface area contributed by atoms with Gasteiger partial charge in [0.1, 0.15) is 24.0 Å². The van der Waals surface area contributed by atoms with Gasteiger partial charge in [0.2, 0.25) is 0 Å². The topological polar surface area (TPSA) is 55.8 Å². The highest BCUT2D eigenvalue weighted by atomic mass is 16.5. The van der Waals surface area contributed by atoms with Crippen LogP contribution in [0.4, 0.5) is 0 Å². The van der Waals surface area contributed by atoms with Gasteiger partial charge in [0.25, 0.3) is 0 Å². The van der Waals surface area contributed by atoms with Gasteiger partial charge in [-0.3, -0.25) is 4.79 Å². The van der Waals surface area contributed by atoms with E-state index in [4.69, 9.17) is 9.47 Å². The van der Waals surface area contributed by atoms with Crippen LogP contribution in [-0.2, 0) is 4.79 Å². The summed E-state index contributed by atoms with van der Waals surface area (Å²) in [6.07, 6.45) is 0. The molecule has 4 heteroatoms. The normalized spacial score (nSPS) is 11.7. The number of carboxylic acid groups (broad SMARTS) is 1. The molecule has 0 saturated heterocycles. The third-order valence-corrected chi connectivity index (χ3v) is 3.24. The second kappa shape index (κ2) is 6.79. The summed E-state index contributed by atoms with van der Waals surface area (Å²) in [5.74, 6) is -0.332. The van der Waals surface area contributed by atoms with E-state index in [2.05, 4.69) is 0 Å². The average Bonchev–Trinajstić information content (AvgIpc) is 2.49. The van der Waals surface area contributed by atoms with Gasteiger partial charge in [-0.2, -0.15) is 0 Å². The summed E-state index contributed by atoms with van der Waals surface area (Å²) in [6.45, 7) is 2.04. The van der Waals surface area contributed by atoms with E-state index in [0.29, 0.717) is 11.5 Å². The summed E-state index contributed by atoms with van der Waals surface area (Å²) in [5, 5.41) is 9.37. The Morgan fingerprint density at radius 3 is 2.43 bits per heavy atom. The Bertz CT molecular complexity index is 604. The Labute approximate surface area is 123 Å². The molecule has 0 aliphatic rings. The van der Waals surface area contributed by atoms with Gasteiger partial charge in [-0.15, -0.1) is 0 Å². The number of hydrogen-bond donors (Lipinski definition) is 1. The van der Waals surface area contributed by atoms with Crippen LogP contribution >= 0.6 is 0 Å². The van der Waals surface area contributed by atoms with E-state index < -0.39 is 11.9 Å². The van der Waals surface area contributed by atoms with E-state index in [1.54, 1.807) is 25.3 Å². The number of rotatable bonds is 6. The van der Waals surface area contributed by atoms with Crippen molar-refractivity contribution in [1.82, 2.24) is 0 Å². The molecule has 4 nitrogen and oxygen atoms in total. The molecule has 1 atom stereocenters. The Kier molecular flexibility index (Phi) is 4.82. The van der Waals surface area contributed by atoms with Gasteiger partial charge in [0, 0.05) is 6.07 Å². The fourth-order valence-corrected chi connectivity index (χ4v) is 1.98. The van der Waals surface area contributed by atoms with Crippen LogP contribution in [0.15, 0.2) is 48.5 Å². The first kappa shape index (κ1) is 14.9. The maximum Gasteiger partial charge on any atom is 0.314 e. The van der Waals surface area contributed by atoms with Gasteiger partial charge in [-0.1, -0.05) is 35.9 Å². The van der Waals surface area contributed by atoms with Crippen molar-refractivity contribution in [2.45, 2.75) is 12.8 Å². The summed E-state index contributed by atoms with van der Waals surface area (Å²) in [6, 6.07) is 14.6. The van der Waals surface area contributed by atoms with Crippen molar-refractivity contribution in [3.05, 3.63) is 59.7 Å². The fourth-order valence-electron chi connectivity index (χ4n) is 1.98. The smallest absolute Gasteiger partial charge is 0.314 e. The SMILES string of the molecule is COc1cccc(OCC(C(=O)O)c2ccc(C)cc2)c1. The minimum absolute atomic E-state index is 0.0750. The lowest BCUT2D eigenvalue weighted by Crippen LogP contribution is -2.19. The van der Waals surface area contributed by atoms with Gasteiger partial charge < -0.3 is 14.6 Å². The third kappa shape index (κ3) is 3.99. The van der Waals surface area contributed by atoms with E-state index in [1.165, 1.54) is 0 Å². The maximum atomic E-state index is 11.4. The van der Waals surface area contributed by atoms with Gasteiger partial charge in [-0.25, -0.2) is 0 Å². The van der Waals surface area contributed by atoms with Crippen molar-refractivity contribution < 1.29 is 19.4 Å². The van der Waals surface area contributed by atoms with Crippen molar-refractivity contribution in [2.75, 3.05) is 13.7 Å². The van der Waals surface area contributed by atoms with Crippen LogP contribution in [0.1, 0.15) is 17.0 Å². The number of hydrogen-bond acceptors (Lipinski definition) is 3. The number of aliphatic carboxylic acids is 1. The molecule has 2 rings (SSSR count). The van der Waals surface area contributed by atoms with Gasteiger partial charge in [0.15, 0.2) is 0 Å². The number of carbonyl (C=O) groups is 1. The van der Waals surface area contributed by atoms with Crippen molar-refractivity contribution in [3.63, 3.8) is 0 Å². The molecule has 21 heavy (non-hydrogen) atoms. The lowest BCUT2D eigenvalue weighted by molar-refractivity contribution is -0.139. The van der Waals surface area contributed by atoms with Crippen LogP contribution < -0.4 is 9.47 Å². The van der Waals surface area contributed by atoms with E-state index in [0.717, 1.165) is 11.1 Å². The third-order valence-electron chi connectivity index (χ3n) is 3.24. The quantitative estimate of drug-likeness (QED) is 0.885. The summed E-state index contributed by atoms with van der Waals surface area (Å²) in [7, 11) is 1.57. The maximum absolute atomic E-state index is 11.4. The summed E-state index contributed by atoms with van der Waals surface area (Å²) >= 11 is 0. The summed E-state index contributed by atoms with van der Waals surface area (Å²) < 4.78 is 10.7. The lowest BCUT2D eigenvalue weighted by Gasteiger charge is -2.15. The molecule has 0 aliphatic heterocycles. The van der Waals surface area contributed by atoms with Crippen LogP contribution in [-0.4, -0.2) is 24.8 Å². The summed E-state index contributed by atoms with van der Waals surface area (Å²) in [4.78, 5) is 11.4. The predicted octanol–water partition coefficient (Wildman–Crippen LogP) is 3.25. The van der Waals surface area contributed by atoms with Crippen molar-refractivity contribution in [3.8, 4) is 11.5 Å². The molecule has 0 radical (unpaired) electrons. The molecule has 2 aromatic carbocycles. The molecule has 0 spiro atoms. The van der Waals surface area contributed by atoms with Crippen LogP contribution in [0, 0.1) is 6.92 Å². The molecule has 0 aliphatic carbocycles. The van der Waals surface area contributed by atoms with E-state index in [-0.39, 0.29) is 6.61 Å². The molecule has 110 valence electrons. The summed E-state index contributed by atoms with van der Waals surface area (Å²) in [5.41, 5.74) is 1.83. The molecule has 0 heterocycles. The zero-order valence-electron chi connectivity index (χ0n) is 12.1. The van der Waals surface area contributed by atoms with Gasteiger partial charge in [-0.05, 0) is 24.6 Å². The van der Waals surface area contributed by atoms with E-state index in [1.807, 2.05) is 37.3 Å². The zero-order chi connectivity index (χ0) is 15.2. The number of methoxy groups -OCH3 is 1. The highest BCUT2D eigenvalue weighted by molar-refractivity contribution is 5.76. The number of aryl methyl sites for hydroxylation is 1. The zero-order valence-corrected chi connectivity index (χ0v) is 12.1. The number of carboxylic acids is 1. The minimum atomic E-state index is -0.901. The monoisotopic (exact) mass is 286 g/mol. The minimum Gasteiger partial charge on any atom is -0.497 e. The standard InChI is InChI=1S/C17H18O4/c1-12-6-8-13(9-7-12)16(17(18)19)11-21-15-5-3-4-14(10-15)20-2/h3-10,16H,11H2,1-2H3,(H,18,19). The van der Waals surface area contributed by atoms with Crippen LogP contribution in [0.25, 0.3) is 0 Å². The molecule has 0 aromatic heterocycles. The highest BCUT2D eigenvalue weighted by Gasteiger charge is 2.20. The molecule has 0 fully saturated rings. The van der Waals surface area contributed by atoms with Gasteiger partial charge >= 0.3 is 5.97 Å². The first-order valence-electron chi connectivity index (χ1n) is 6.66. The fraction of sp³-hybridized carbons (Fsp3) is 0.235. The largest absolute Gasteiger partial charge is 0.497 e.